The van der Waals surface area contributed by atoms with E-state index in [0.717, 1.165) is 16.7 Å². The number of carbonyl (C=O) groups is 2. The van der Waals surface area contributed by atoms with Crippen LogP contribution in [0, 0.1) is 6.92 Å². The second-order valence-electron chi connectivity index (χ2n) is 7.35. The molecule has 0 aliphatic rings. The summed E-state index contributed by atoms with van der Waals surface area (Å²) in [7, 11) is -3.73. The van der Waals surface area contributed by atoms with Crippen LogP contribution in [-0.4, -0.2) is 39.2 Å². The molecule has 0 bridgehead atoms. The maximum Gasteiger partial charge on any atom is 0.307 e. The Morgan fingerprint density at radius 3 is 1.97 bits per heavy atom. The topological polar surface area (TPSA) is 114 Å². The first-order chi connectivity index (χ1) is 16.3. The number of aryl methyl sites for hydroxylation is 1. The number of hydrogen-bond donors (Lipinski definition) is 2. The fourth-order valence-electron chi connectivity index (χ4n) is 2.94. The van der Waals surface area contributed by atoms with E-state index in [1.54, 1.807) is 12.1 Å². The van der Waals surface area contributed by atoms with Crippen LogP contribution in [0.5, 0.6) is 0 Å². The highest BCUT2D eigenvalue weighted by molar-refractivity contribution is 7.89. The Kier molecular flexibility index (Phi) is 8.66. The Morgan fingerprint density at radius 1 is 0.853 bits per heavy atom. The lowest BCUT2D eigenvalue weighted by Gasteiger charge is -2.09. The average molecular weight is 480 g/mol. The molecule has 0 unspecified atom stereocenters. The van der Waals surface area contributed by atoms with Gasteiger partial charge in [-0.1, -0.05) is 78.4 Å². The molecule has 3 rings (SSSR count). The Hall–Kier alpha value is -3.82. The zero-order chi connectivity index (χ0) is 24.4. The van der Waals surface area contributed by atoms with E-state index in [-0.39, 0.29) is 17.9 Å². The minimum absolute atomic E-state index is 0.108. The fourth-order valence-corrected chi connectivity index (χ4v) is 3.98. The molecule has 3 aromatic rings. The van der Waals surface area contributed by atoms with Gasteiger partial charge in [0.1, 0.15) is 0 Å². The van der Waals surface area contributed by atoms with E-state index in [4.69, 9.17) is 4.74 Å². The number of nitrogens with zero attached hydrogens (tertiary/aromatic N) is 1. The molecule has 0 saturated carbocycles. The van der Waals surface area contributed by atoms with Gasteiger partial charge in [0.25, 0.3) is 5.91 Å². The molecule has 2 N–H and O–H groups in total. The maximum absolute atomic E-state index is 12.2. The molecule has 0 fully saturated rings. The van der Waals surface area contributed by atoms with Crippen LogP contribution < -0.4 is 10.1 Å². The van der Waals surface area contributed by atoms with Gasteiger partial charge in [0.2, 0.25) is 10.0 Å². The normalized spacial score (nSPS) is 10.9. The molecule has 9 heteroatoms. The summed E-state index contributed by atoms with van der Waals surface area (Å²) in [6, 6.07) is 25.0. The summed E-state index contributed by atoms with van der Waals surface area (Å²) < 4.78 is 31.7. The summed E-state index contributed by atoms with van der Waals surface area (Å²) in [6.07, 6.45) is -0.221. The first-order valence-electron chi connectivity index (χ1n) is 10.5. The molecule has 0 radical (unpaired) electrons. The van der Waals surface area contributed by atoms with E-state index < -0.39 is 28.5 Å². The predicted molar refractivity (Wildman–Crippen MR) is 129 cm³/mol. The predicted octanol–water partition coefficient (Wildman–Crippen LogP) is 2.78. The van der Waals surface area contributed by atoms with Crippen molar-refractivity contribution in [1.82, 2.24) is 10.1 Å². The van der Waals surface area contributed by atoms with Crippen LogP contribution in [0.1, 0.15) is 23.1 Å². The number of ether oxygens (including phenoxy) is 1. The van der Waals surface area contributed by atoms with Gasteiger partial charge in [-0.3, -0.25) is 9.59 Å². The first kappa shape index (κ1) is 24.8. The molecular formula is C25H25N3O5S. The number of nitrogens with one attached hydrogen (secondary N) is 2. The van der Waals surface area contributed by atoms with Gasteiger partial charge in [-0.15, -0.1) is 0 Å². The summed E-state index contributed by atoms with van der Waals surface area (Å²) in [5.41, 5.74) is 5.52. The summed E-state index contributed by atoms with van der Waals surface area (Å²) >= 11 is 0. The average Bonchev–Trinajstić information content (AvgIpc) is 2.84. The van der Waals surface area contributed by atoms with Crippen molar-refractivity contribution >= 4 is 27.6 Å². The number of esters is 1. The third kappa shape index (κ3) is 7.36. The van der Waals surface area contributed by atoms with E-state index in [2.05, 4.69) is 15.2 Å². The summed E-state index contributed by atoms with van der Waals surface area (Å²) in [5.74, 6) is -1.32. The van der Waals surface area contributed by atoms with Crippen molar-refractivity contribution in [1.29, 1.82) is 0 Å². The first-order valence-corrected chi connectivity index (χ1v) is 12.0. The molecule has 0 saturated heterocycles. The van der Waals surface area contributed by atoms with Gasteiger partial charge in [0.05, 0.1) is 17.0 Å². The van der Waals surface area contributed by atoms with Crippen LogP contribution >= 0.6 is 0 Å². The number of sulfonamides is 1. The number of carbonyl (C=O) groups excluding carboxylic acids is 2. The molecule has 0 aromatic heterocycles. The van der Waals surface area contributed by atoms with Crippen molar-refractivity contribution in [3.8, 4) is 0 Å². The van der Waals surface area contributed by atoms with Crippen molar-refractivity contribution in [3.05, 3.63) is 102 Å². The van der Waals surface area contributed by atoms with Crippen LogP contribution in [0.3, 0.4) is 0 Å². The van der Waals surface area contributed by atoms with Crippen LogP contribution in [0.2, 0.25) is 0 Å². The Bertz CT molecular complexity index is 1200. The third-order valence-corrected chi connectivity index (χ3v) is 6.18. The zero-order valence-corrected chi connectivity index (χ0v) is 19.4. The molecule has 0 spiro atoms. The molecular weight excluding hydrogens is 454 g/mol. The van der Waals surface area contributed by atoms with Crippen molar-refractivity contribution in [2.75, 3.05) is 13.2 Å². The lowest BCUT2D eigenvalue weighted by Crippen LogP contribution is -2.29. The molecule has 0 heterocycles. The van der Waals surface area contributed by atoms with Gasteiger partial charge in [0, 0.05) is 17.7 Å². The quantitative estimate of drug-likeness (QED) is 0.264. The van der Waals surface area contributed by atoms with Gasteiger partial charge < -0.3 is 4.74 Å². The fraction of sp³-hybridized carbons (Fsp3) is 0.160. The van der Waals surface area contributed by atoms with Crippen LogP contribution in [0.15, 0.2) is 94.9 Å². The number of amides is 1. The molecule has 176 valence electrons. The van der Waals surface area contributed by atoms with Gasteiger partial charge in [-0.2, -0.15) is 5.10 Å². The molecule has 0 aliphatic heterocycles. The molecule has 34 heavy (non-hydrogen) atoms. The van der Waals surface area contributed by atoms with Gasteiger partial charge in [0.15, 0.2) is 6.61 Å². The second kappa shape index (κ2) is 11.9. The van der Waals surface area contributed by atoms with Crippen LogP contribution in [0.25, 0.3) is 0 Å². The molecule has 0 atom stereocenters. The highest BCUT2D eigenvalue weighted by atomic mass is 32.2. The molecule has 0 aliphatic carbocycles. The van der Waals surface area contributed by atoms with E-state index >= 15 is 0 Å². The van der Waals surface area contributed by atoms with Crippen molar-refractivity contribution in [2.24, 2.45) is 5.10 Å². The highest BCUT2D eigenvalue weighted by Gasteiger charge is 2.15. The summed E-state index contributed by atoms with van der Waals surface area (Å²) in [4.78, 5) is 24.2. The Labute approximate surface area is 198 Å². The van der Waals surface area contributed by atoms with Crippen LogP contribution in [-0.2, 0) is 24.3 Å². The Balaban J connectivity index is 1.49. The smallest absolute Gasteiger partial charge is 0.307 e. The van der Waals surface area contributed by atoms with Crippen molar-refractivity contribution < 1.29 is 22.7 Å². The molecule has 8 nitrogen and oxygen atoms in total. The number of rotatable bonds is 10. The monoisotopic (exact) mass is 479 g/mol. The largest absolute Gasteiger partial charge is 0.455 e. The molecule has 1 amide bonds. The Morgan fingerprint density at radius 2 is 1.41 bits per heavy atom. The number of hydrogen-bond acceptors (Lipinski definition) is 6. The van der Waals surface area contributed by atoms with Gasteiger partial charge in [-0.05, 0) is 19.1 Å². The SMILES string of the molecule is Cc1ccc(S(=O)(=O)NCCC(=O)OCC(=O)NN=C(c2ccccc2)c2ccccc2)cc1. The molecule has 3 aromatic carbocycles. The second-order valence-corrected chi connectivity index (χ2v) is 9.12. The van der Waals surface area contributed by atoms with Crippen molar-refractivity contribution in [2.45, 2.75) is 18.2 Å². The standard InChI is InChI=1S/C25H25N3O5S/c1-19-12-14-22(15-13-19)34(31,32)26-17-16-24(30)33-18-23(29)27-28-25(20-8-4-2-5-9-20)21-10-6-3-7-11-21/h2-15,26H,16-18H2,1H3,(H,27,29). The lowest BCUT2D eigenvalue weighted by atomic mass is 10.0. The van der Waals surface area contributed by atoms with Crippen molar-refractivity contribution in [3.63, 3.8) is 0 Å². The van der Waals surface area contributed by atoms with E-state index in [1.165, 1.54) is 12.1 Å². The minimum atomic E-state index is -3.73. The van der Waals surface area contributed by atoms with E-state index in [9.17, 15) is 18.0 Å². The highest BCUT2D eigenvalue weighted by Crippen LogP contribution is 2.11. The van der Waals surface area contributed by atoms with Crippen LogP contribution in [0.4, 0.5) is 0 Å². The van der Waals surface area contributed by atoms with Gasteiger partial charge >= 0.3 is 5.97 Å². The van der Waals surface area contributed by atoms with E-state index in [0.29, 0.717) is 5.71 Å². The van der Waals surface area contributed by atoms with E-state index in [1.807, 2.05) is 67.6 Å². The summed E-state index contributed by atoms with van der Waals surface area (Å²) in [6.45, 7) is 1.16. The zero-order valence-electron chi connectivity index (χ0n) is 18.6. The number of hydrazone groups is 1. The lowest BCUT2D eigenvalue weighted by molar-refractivity contribution is -0.148. The maximum atomic E-state index is 12.2. The minimum Gasteiger partial charge on any atom is -0.455 e. The third-order valence-electron chi connectivity index (χ3n) is 4.70. The summed E-state index contributed by atoms with van der Waals surface area (Å²) in [5, 5.41) is 4.21. The number of benzene rings is 3. The van der Waals surface area contributed by atoms with Gasteiger partial charge in [-0.25, -0.2) is 18.6 Å².